The van der Waals surface area contributed by atoms with E-state index < -0.39 is 14.1 Å². The molecular formula is C8H10O2S. The third-order valence-corrected chi connectivity index (χ3v) is 1.51. The van der Waals surface area contributed by atoms with E-state index >= 15 is 0 Å². The van der Waals surface area contributed by atoms with Gasteiger partial charge in [0.1, 0.15) is 11.5 Å². The lowest BCUT2D eigenvalue weighted by molar-refractivity contribution is 0.394. The standard InChI is InChI=1S/C8H10O2S/c1-9-6-3-4-7(10-2)8(11)5-6/h3-5,11H,1-2H3/i1D3,2D3. The Hall–Kier alpha value is -0.830. The third kappa shape index (κ3) is 1.80. The first-order chi connectivity index (χ1) is 7.57. The molecule has 0 aliphatic rings. The van der Waals surface area contributed by atoms with Crippen molar-refractivity contribution in [2.75, 3.05) is 14.1 Å². The first-order valence-corrected chi connectivity index (χ1v) is 3.23. The van der Waals surface area contributed by atoms with E-state index in [1.165, 1.54) is 18.2 Å². The van der Waals surface area contributed by atoms with Crippen LogP contribution in [0.15, 0.2) is 23.1 Å². The molecule has 0 bridgehead atoms. The van der Waals surface area contributed by atoms with Gasteiger partial charge >= 0.3 is 0 Å². The fraction of sp³-hybridized carbons (Fsp3) is 0.250. The lowest BCUT2D eigenvalue weighted by Gasteiger charge is -2.04. The number of rotatable bonds is 2. The molecule has 0 atom stereocenters. The summed E-state index contributed by atoms with van der Waals surface area (Å²) in [6.45, 7) is 0. The maximum Gasteiger partial charge on any atom is 0.132 e. The van der Waals surface area contributed by atoms with Gasteiger partial charge in [0, 0.05) is 4.90 Å². The fourth-order valence-corrected chi connectivity index (χ4v) is 0.894. The molecule has 2 nitrogen and oxygen atoms in total. The minimum Gasteiger partial charge on any atom is -0.497 e. The predicted octanol–water partition coefficient (Wildman–Crippen LogP) is 1.99. The van der Waals surface area contributed by atoms with Gasteiger partial charge in [0.25, 0.3) is 0 Å². The number of hydrogen-bond acceptors (Lipinski definition) is 3. The number of methoxy groups -OCH3 is 2. The van der Waals surface area contributed by atoms with Crippen LogP contribution in [-0.4, -0.2) is 14.1 Å². The molecule has 0 saturated carbocycles. The summed E-state index contributed by atoms with van der Waals surface area (Å²) >= 11 is 3.99. The minimum atomic E-state index is -2.58. The van der Waals surface area contributed by atoms with Gasteiger partial charge in [-0.25, -0.2) is 0 Å². The summed E-state index contributed by atoms with van der Waals surface area (Å²) in [6.07, 6.45) is 0. The Bertz CT molecular complexity index is 400. The maximum atomic E-state index is 6.92. The molecule has 60 valence electrons. The lowest BCUT2D eigenvalue weighted by Crippen LogP contribution is -1.86. The van der Waals surface area contributed by atoms with Crippen molar-refractivity contribution in [2.24, 2.45) is 0 Å². The Balaban J connectivity index is 2.87. The van der Waals surface area contributed by atoms with Gasteiger partial charge < -0.3 is 9.47 Å². The van der Waals surface area contributed by atoms with E-state index in [1.807, 2.05) is 0 Å². The second kappa shape index (κ2) is 3.53. The summed E-state index contributed by atoms with van der Waals surface area (Å²) in [5.41, 5.74) is 0. The number of benzene rings is 1. The lowest BCUT2D eigenvalue weighted by atomic mass is 10.3. The Morgan fingerprint density at radius 1 is 1.36 bits per heavy atom. The first-order valence-electron chi connectivity index (χ1n) is 5.78. The third-order valence-electron chi connectivity index (χ3n) is 1.16. The van der Waals surface area contributed by atoms with Crippen molar-refractivity contribution >= 4 is 12.6 Å². The van der Waals surface area contributed by atoms with Crippen molar-refractivity contribution in [3.63, 3.8) is 0 Å². The van der Waals surface area contributed by atoms with Crippen LogP contribution >= 0.6 is 12.6 Å². The van der Waals surface area contributed by atoms with Crippen molar-refractivity contribution in [1.82, 2.24) is 0 Å². The summed E-state index contributed by atoms with van der Waals surface area (Å²) < 4.78 is 50.7. The molecule has 0 radical (unpaired) electrons. The molecule has 0 spiro atoms. The summed E-state index contributed by atoms with van der Waals surface area (Å²) in [5, 5.41) is 0. The molecule has 1 aromatic carbocycles. The van der Waals surface area contributed by atoms with E-state index in [0.29, 0.717) is 0 Å². The molecule has 0 amide bonds. The zero-order chi connectivity index (χ0) is 13.3. The molecule has 3 heteroatoms. The Morgan fingerprint density at radius 3 is 2.82 bits per heavy atom. The van der Waals surface area contributed by atoms with E-state index in [4.69, 9.17) is 8.22 Å². The topological polar surface area (TPSA) is 18.5 Å². The Kier molecular flexibility index (Phi) is 1.05. The summed E-state index contributed by atoms with van der Waals surface area (Å²) in [6, 6.07) is 3.86. The molecule has 1 aromatic rings. The smallest absolute Gasteiger partial charge is 0.132 e. The van der Waals surface area contributed by atoms with Crippen LogP contribution in [0.3, 0.4) is 0 Å². The normalized spacial score (nSPS) is 19.7. The maximum absolute atomic E-state index is 6.92. The average Bonchev–Trinajstić information content (AvgIpc) is 2.05. The quantitative estimate of drug-likeness (QED) is 0.695. The fourth-order valence-electron chi connectivity index (χ4n) is 0.647. The highest BCUT2D eigenvalue weighted by Crippen LogP contribution is 2.26. The largest absolute Gasteiger partial charge is 0.497 e. The summed E-state index contributed by atoms with van der Waals surface area (Å²) in [4.78, 5) is 0.183. The van der Waals surface area contributed by atoms with E-state index in [-0.39, 0.29) is 16.4 Å². The number of hydrogen-bond donors (Lipinski definition) is 1. The van der Waals surface area contributed by atoms with Gasteiger partial charge in [-0.3, -0.25) is 0 Å². The molecule has 0 N–H and O–H groups in total. The highest BCUT2D eigenvalue weighted by atomic mass is 32.1. The Labute approximate surface area is 80.0 Å². The van der Waals surface area contributed by atoms with Crippen molar-refractivity contribution in [3.05, 3.63) is 18.2 Å². The second-order valence-electron chi connectivity index (χ2n) is 1.83. The van der Waals surface area contributed by atoms with E-state index in [9.17, 15) is 0 Å². The van der Waals surface area contributed by atoms with Crippen LogP contribution in [0.25, 0.3) is 0 Å². The van der Waals surface area contributed by atoms with Crippen LogP contribution in [0.2, 0.25) is 0 Å². The number of ether oxygens (including phenoxy) is 2. The second-order valence-corrected chi connectivity index (χ2v) is 2.32. The molecule has 11 heavy (non-hydrogen) atoms. The van der Waals surface area contributed by atoms with Crippen molar-refractivity contribution in [2.45, 2.75) is 4.90 Å². The zero-order valence-corrected chi connectivity index (χ0v) is 6.39. The van der Waals surface area contributed by atoms with Crippen LogP contribution in [0.4, 0.5) is 0 Å². The van der Waals surface area contributed by atoms with Crippen molar-refractivity contribution < 1.29 is 17.7 Å². The SMILES string of the molecule is [2H]C([2H])([2H])Oc1ccc(OC([2H])([2H])[2H])c(S)c1. The molecule has 0 heterocycles. The van der Waals surface area contributed by atoms with E-state index in [0.717, 1.165) is 0 Å². The first kappa shape index (κ1) is 3.27. The zero-order valence-electron chi connectivity index (χ0n) is 11.5. The molecule has 0 aliphatic heterocycles. The van der Waals surface area contributed by atoms with Crippen LogP contribution in [0.1, 0.15) is 8.22 Å². The highest BCUT2D eigenvalue weighted by molar-refractivity contribution is 7.80. The van der Waals surface area contributed by atoms with Gasteiger partial charge in [-0.15, -0.1) is 12.6 Å². The van der Waals surface area contributed by atoms with Crippen molar-refractivity contribution in [3.8, 4) is 11.5 Å². The van der Waals surface area contributed by atoms with Gasteiger partial charge in [0.15, 0.2) is 0 Å². The number of thiol groups is 1. The monoisotopic (exact) mass is 176 g/mol. The predicted molar refractivity (Wildman–Crippen MR) is 46.8 cm³/mol. The molecule has 0 aliphatic carbocycles. The van der Waals surface area contributed by atoms with Crippen LogP contribution in [0, 0.1) is 0 Å². The van der Waals surface area contributed by atoms with Gasteiger partial charge in [0.2, 0.25) is 0 Å². The molecule has 0 fully saturated rings. The van der Waals surface area contributed by atoms with Gasteiger partial charge in [0.05, 0.1) is 22.3 Å². The van der Waals surface area contributed by atoms with E-state index in [2.05, 4.69) is 22.1 Å². The molecule has 0 saturated heterocycles. The molecule has 0 aromatic heterocycles. The van der Waals surface area contributed by atoms with Crippen LogP contribution in [0.5, 0.6) is 11.5 Å². The van der Waals surface area contributed by atoms with Gasteiger partial charge in [-0.2, -0.15) is 0 Å². The molecule has 1 rings (SSSR count). The van der Waals surface area contributed by atoms with E-state index in [1.54, 1.807) is 0 Å². The van der Waals surface area contributed by atoms with Gasteiger partial charge in [-0.05, 0) is 18.2 Å². The Morgan fingerprint density at radius 2 is 2.18 bits per heavy atom. The van der Waals surface area contributed by atoms with Crippen LogP contribution in [-0.2, 0) is 0 Å². The van der Waals surface area contributed by atoms with Crippen molar-refractivity contribution in [1.29, 1.82) is 0 Å². The summed E-state index contributed by atoms with van der Waals surface area (Å²) in [7, 11) is -5.14. The average molecular weight is 176 g/mol. The minimum absolute atomic E-state index is 0.0335. The van der Waals surface area contributed by atoms with Crippen LogP contribution < -0.4 is 9.47 Å². The molecular weight excluding hydrogens is 160 g/mol. The summed E-state index contributed by atoms with van der Waals surface area (Å²) in [5.74, 6) is 0.0964. The molecule has 0 unspecified atom stereocenters. The highest BCUT2D eigenvalue weighted by Gasteiger charge is 1.98. The van der Waals surface area contributed by atoms with Gasteiger partial charge in [-0.1, -0.05) is 0 Å².